The van der Waals surface area contributed by atoms with E-state index in [4.69, 9.17) is 0 Å². The number of carbonyl (C=O) groups excluding carboxylic acids is 1. The molecule has 0 aromatic rings. The van der Waals surface area contributed by atoms with Gasteiger partial charge in [-0.1, -0.05) is 32.6 Å². The van der Waals surface area contributed by atoms with Crippen molar-refractivity contribution in [1.29, 1.82) is 0 Å². The molecule has 4 nitrogen and oxygen atoms in total. The fraction of sp³-hybridized carbons (Fsp3) is 0.929. The van der Waals surface area contributed by atoms with Crippen molar-refractivity contribution in [3.05, 3.63) is 0 Å². The molecule has 0 saturated heterocycles. The summed E-state index contributed by atoms with van der Waals surface area (Å²) in [5.41, 5.74) is 0. The molecule has 0 radical (unpaired) electrons. The fourth-order valence-corrected chi connectivity index (χ4v) is 1.95. The molecule has 0 spiro atoms. The molecule has 0 aliphatic rings. The maximum Gasteiger partial charge on any atom is 0.222 e. The summed E-state index contributed by atoms with van der Waals surface area (Å²) in [5.74, 6) is 0.0355. The molecule has 0 saturated carbocycles. The van der Waals surface area contributed by atoms with Gasteiger partial charge in [0.05, 0.1) is 12.2 Å². The predicted octanol–water partition coefficient (Wildman–Crippen LogP) is 1.94. The van der Waals surface area contributed by atoms with Crippen LogP contribution in [0.5, 0.6) is 0 Å². The second-order valence-corrected chi connectivity index (χ2v) is 5.16. The highest BCUT2D eigenvalue weighted by molar-refractivity contribution is 5.76. The van der Waals surface area contributed by atoms with E-state index in [1.54, 1.807) is 18.7 Å². The molecule has 0 aromatic carbocycles. The molecule has 0 aliphatic carbocycles. The lowest BCUT2D eigenvalue weighted by atomic mass is 10.1. The predicted molar refractivity (Wildman–Crippen MR) is 73.3 cm³/mol. The number of nitrogens with zero attached hydrogens (tertiary/aromatic N) is 1. The highest BCUT2D eigenvalue weighted by atomic mass is 16.3. The van der Waals surface area contributed by atoms with Gasteiger partial charge in [0.2, 0.25) is 5.91 Å². The molecule has 0 bridgehead atoms. The minimum atomic E-state index is -0.548. The van der Waals surface area contributed by atoms with Gasteiger partial charge >= 0.3 is 0 Å². The Balaban J connectivity index is 3.96. The Hall–Kier alpha value is -0.610. The molecular formula is C14H29NO3. The zero-order chi connectivity index (χ0) is 14.0. The van der Waals surface area contributed by atoms with Gasteiger partial charge in [-0.15, -0.1) is 0 Å². The molecule has 2 atom stereocenters. The Morgan fingerprint density at radius 1 is 1.00 bits per heavy atom. The fourth-order valence-electron chi connectivity index (χ4n) is 1.95. The van der Waals surface area contributed by atoms with Crippen LogP contribution in [0.15, 0.2) is 0 Å². The zero-order valence-electron chi connectivity index (χ0n) is 12.1. The van der Waals surface area contributed by atoms with Crippen molar-refractivity contribution in [1.82, 2.24) is 4.90 Å². The topological polar surface area (TPSA) is 60.8 Å². The molecule has 0 fully saturated rings. The Kier molecular flexibility index (Phi) is 9.98. The number of unbranched alkanes of at least 4 members (excludes halogenated alkanes) is 4. The van der Waals surface area contributed by atoms with Crippen LogP contribution in [0.3, 0.4) is 0 Å². The first-order valence-corrected chi connectivity index (χ1v) is 7.11. The lowest BCUT2D eigenvalue weighted by Crippen LogP contribution is -2.40. The second-order valence-electron chi connectivity index (χ2n) is 5.16. The van der Waals surface area contributed by atoms with E-state index in [0.29, 0.717) is 19.5 Å². The van der Waals surface area contributed by atoms with Crippen LogP contribution in [0.25, 0.3) is 0 Å². The van der Waals surface area contributed by atoms with Gasteiger partial charge < -0.3 is 15.1 Å². The standard InChI is InChI=1S/C14H29NO3/c1-4-5-6-7-8-9-14(18)15(10-12(2)16)11-13(3)17/h12-13,16-17H,4-11H2,1-3H3. The van der Waals surface area contributed by atoms with Crippen molar-refractivity contribution in [3.63, 3.8) is 0 Å². The van der Waals surface area contributed by atoms with Crippen LogP contribution in [-0.4, -0.2) is 46.3 Å². The molecule has 0 rings (SSSR count). The first-order chi connectivity index (χ1) is 8.47. The third-order valence-electron chi connectivity index (χ3n) is 2.82. The Morgan fingerprint density at radius 3 is 1.94 bits per heavy atom. The van der Waals surface area contributed by atoms with Crippen LogP contribution in [0.2, 0.25) is 0 Å². The molecule has 2 unspecified atom stereocenters. The summed E-state index contributed by atoms with van der Waals surface area (Å²) in [7, 11) is 0. The van der Waals surface area contributed by atoms with Crippen molar-refractivity contribution >= 4 is 5.91 Å². The molecule has 0 aromatic heterocycles. The van der Waals surface area contributed by atoms with E-state index in [9.17, 15) is 15.0 Å². The van der Waals surface area contributed by atoms with Crippen molar-refractivity contribution in [2.75, 3.05) is 13.1 Å². The van der Waals surface area contributed by atoms with E-state index < -0.39 is 12.2 Å². The maximum absolute atomic E-state index is 12.0. The van der Waals surface area contributed by atoms with Crippen LogP contribution in [-0.2, 0) is 4.79 Å². The lowest BCUT2D eigenvalue weighted by molar-refractivity contribution is -0.134. The van der Waals surface area contributed by atoms with Crippen molar-refractivity contribution in [2.24, 2.45) is 0 Å². The van der Waals surface area contributed by atoms with Gasteiger partial charge in [-0.05, 0) is 20.3 Å². The normalized spacial score (nSPS) is 14.3. The van der Waals surface area contributed by atoms with Crippen LogP contribution in [0.1, 0.15) is 59.3 Å². The molecule has 18 heavy (non-hydrogen) atoms. The van der Waals surface area contributed by atoms with Gasteiger partial charge in [-0.2, -0.15) is 0 Å². The number of aliphatic hydroxyl groups excluding tert-OH is 2. The third kappa shape index (κ3) is 9.42. The second kappa shape index (κ2) is 10.3. The summed E-state index contributed by atoms with van der Waals surface area (Å²) in [4.78, 5) is 13.5. The summed E-state index contributed by atoms with van der Waals surface area (Å²) in [6.07, 6.45) is 5.00. The largest absolute Gasteiger partial charge is 0.392 e. The Labute approximate surface area is 111 Å². The van der Waals surface area contributed by atoms with Crippen LogP contribution >= 0.6 is 0 Å². The van der Waals surface area contributed by atoms with E-state index in [1.807, 2.05) is 0 Å². The van der Waals surface area contributed by atoms with Crippen molar-refractivity contribution in [2.45, 2.75) is 71.5 Å². The van der Waals surface area contributed by atoms with E-state index in [-0.39, 0.29) is 5.91 Å². The Morgan fingerprint density at radius 2 is 1.50 bits per heavy atom. The number of hydrogen-bond donors (Lipinski definition) is 2. The minimum Gasteiger partial charge on any atom is -0.392 e. The van der Waals surface area contributed by atoms with Crippen LogP contribution < -0.4 is 0 Å². The molecule has 1 amide bonds. The number of aliphatic hydroxyl groups is 2. The van der Waals surface area contributed by atoms with E-state index >= 15 is 0 Å². The summed E-state index contributed by atoms with van der Waals surface area (Å²) < 4.78 is 0. The SMILES string of the molecule is CCCCCCCC(=O)N(CC(C)O)CC(C)O. The van der Waals surface area contributed by atoms with Gasteiger partial charge in [0, 0.05) is 19.5 Å². The molecule has 0 heterocycles. The molecule has 0 aliphatic heterocycles. The van der Waals surface area contributed by atoms with E-state index in [1.165, 1.54) is 19.3 Å². The van der Waals surface area contributed by atoms with Gasteiger partial charge in [0.15, 0.2) is 0 Å². The molecule has 108 valence electrons. The van der Waals surface area contributed by atoms with E-state index in [0.717, 1.165) is 12.8 Å². The third-order valence-corrected chi connectivity index (χ3v) is 2.82. The summed E-state index contributed by atoms with van der Waals surface area (Å²) in [5, 5.41) is 18.7. The highest BCUT2D eigenvalue weighted by Crippen LogP contribution is 2.08. The molecular weight excluding hydrogens is 230 g/mol. The first-order valence-electron chi connectivity index (χ1n) is 7.11. The summed E-state index contributed by atoms with van der Waals surface area (Å²) in [6, 6.07) is 0. The average molecular weight is 259 g/mol. The van der Waals surface area contributed by atoms with Gasteiger partial charge in [-0.25, -0.2) is 0 Å². The summed E-state index contributed by atoms with van der Waals surface area (Å²) >= 11 is 0. The summed E-state index contributed by atoms with van der Waals surface area (Å²) in [6.45, 7) is 6.09. The monoisotopic (exact) mass is 259 g/mol. The quantitative estimate of drug-likeness (QED) is 0.589. The number of rotatable bonds is 10. The van der Waals surface area contributed by atoms with Gasteiger partial charge in [-0.3, -0.25) is 4.79 Å². The first kappa shape index (κ1) is 17.4. The van der Waals surface area contributed by atoms with Gasteiger partial charge in [0.25, 0.3) is 0 Å². The van der Waals surface area contributed by atoms with Gasteiger partial charge in [0.1, 0.15) is 0 Å². The smallest absolute Gasteiger partial charge is 0.222 e. The minimum absolute atomic E-state index is 0.0355. The van der Waals surface area contributed by atoms with Crippen molar-refractivity contribution < 1.29 is 15.0 Å². The maximum atomic E-state index is 12.0. The van der Waals surface area contributed by atoms with Crippen molar-refractivity contribution in [3.8, 4) is 0 Å². The average Bonchev–Trinajstić information content (AvgIpc) is 2.26. The Bertz CT molecular complexity index is 207. The molecule has 4 heteroatoms. The van der Waals surface area contributed by atoms with Crippen LogP contribution in [0, 0.1) is 0 Å². The highest BCUT2D eigenvalue weighted by Gasteiger charge is 2.16. The van der Waals surface area contributed by atoms with Crippen LogP contribution in [0.4, 0.5) is 0 Å². The number of carbonyl (C=O) groups is 1. The number of hydrogen-bond acceptors (Lipinski definition) is 3. The van der Waals surface area contributed by atoms with E-state index in [2.05, 4.69) is 6.92 Å². The zero-order valence-corrected chi connectivity index (χ0v) is 12.1. The lowest BCUT2D eigenvalue weighted by Gasteiger charge is -2.25. The number of amides is 1. The molecule has 2 N–H and O–H groups in total.